The van der Waals surface area contributed by atoms with Crippen molar-refractivity contribution >= 4 is 10.9 Å². The van der Waals surface area contributed by atoms with Gasteiger partial charge in [0, 0.05) is 17.1 Å². The van der Waals surface area contributed by atoms with Gasteiger partial charge in [0.2, 0.25) is 0 Å². The van der Waals surface area contributed by atoms with Gasteiger partial charge in [0.1, 0.15) is 0 Å². The van der Waals surface area contributed by atoms with Crippen LogP contribution in [0.15, 0.2) is 24.3 Å². The molecule has 0 aliphatic rings. The molecule has 2 N–H and O–H groups in total. The Labute approximate surface area is 96.3 Å². The highest BCUT2D eigenvalue weighted by Crippen LogP contribution is 2.27. The maximum Gasteiger partial charge on any atom is 0.0502 e. The second-order valence-electron chi connectivity index (χ2n) is 4.83. The van der Waals surface area contributed by atoms with Gasteiger partial charge in [-0.3, -0.25) is 0 Å². The molecule has 16 heavy (non-hydrogen) atoms. The molecule has 2 heteroatoms. The van der Waals surface area contributed by atoms with Crippen LogP contribution in [-0.4, -0.2) is 16.7 Å². The molecule has 0 bridgehead atoms. The largest absolute Gasteiger partial charge is 0.396 e. The van der Waals surface area contributed by atoms with Crippen LogP contribution in [0.1, 0.15) is 31.0 Å². The quantitative estimate of drug-likeness (QED) is 0.813. The minimum Gasteiger partial charge on any atom is -0.396 e. The molecular weight excluding hydrogens is 198 g/mol. The van der Waals surface area contributed by atoms with E-state index in [0.29, 0.717) is 5.92 Å². The molecule has 2 rings (SSSR count). The van der Waals surface area contributed by atoms with E-state index in [2.05, 4.69) is 50.0 Å². The average Bonchev–Trinajstić information content (AvgIpc) is 2.57. The first kappa shape index (κ1) is 11.2. The Morgan fingerprint density at radius 2 is 2.00 bits per heavy atom. The zero-order valence-electron chi connectivity index (χ0n) is 10.1. The molecule has 1 unspecified atom stereocenters. The van der Waals surface area contributed by atoms with Gasteiger partial charge >= 0.3 is 0 Å². The number of aliphatic hydroxyl groups excluding tert-OH is 1. The number of hydrogen-bond donors (Lipinski definition) is 2. The molecule has 0 aliphatic carbocycles. The predicted octanol–water partition coefficient (Wildman–Crippen LogP) is 3.21. The van der Waals surface area contributed by atoms with Gasteiger partial charge in [0.25, 0.3) is 0 Å². The van der Waals surface area contributed by atoms with Crippen molar-refractivity contribution in [3.8, 4) is 0 Å². The summed E-state index contributed by atoms with van der Waals surface area (Å²) in [4.78, 5) is 3.31. The van der Waals surface area contributed by atoms with E-state index < -0.39 is 0 Å². The minimum absolute atomic E-state index is 0.215. The highest BCUT2D eigenvalue weighted by molar-refractivity contribution is 5.81. The summed E-state index contributed by atoms with van der Waals surface area (Å²) in [7, 11) is 0. The fourth-order valence-corrected chi connectivity index (χ4v) is 2.23. The van der Waals surface area contributed by atoms with Crippen molar-refractivity contribution in [2.45, 2.75) is 26.7 Å². The Kier molecular flexibility index (Phi) is 3.01. The summed E-state index contributed by atoms with van der Waals surface area (Å²) in [5.41, 5.74) is 3.57. The van der Waals surface area contributed by atoms with Gasteiger partial charge in [0.15, 0.2) is 0 Å². The predicted molar refractivity (Wildman–Crippen MR) is 67.7 cm³/mol. The normalized spacial score (nSPS) is 13.6. The van der Waals surface area contributed by atoms with Gasteiger partial charge in [-0.05, 0) is 42.0 Å². The smallest absolute Gasteiger partial charge is 0.0502 e. The average molecular weight is 217 g/mol. The van der Waals surface area contributed by atoms with E-state index in [4.69, 9.17) is 0 Å². The Balaban J connectivity index is 2.44. The molecule has 0 saturated carbocycles. The maximum atomic E-state index is 9.42. The molecule has 86 valence electrons. The first-order valence-corrected chi connectivity index (χ1v) is 5.82. The number of hydrogen-bond acceptors (Lipinski definition) is 1. The summed E-state index contributed by atoms with van der Waals surface area (Å²) in [5, 5.41) is 10.6. The van der Waals surface area contributed by atoms with Gasteiger partial charge in [-0.25, -0.2) is 0 Å². The topological polar surface area (TPSA) is 36.0 Å². The molecule has 0 saturated heterocycles. The van der Waals surface area contributed by atoms with Crippen molar-refractivity contribution in [1.82, 2.24) is 4.98 Å². The minimum atomic E-state index is 0.215. The molecule has 0 fully saturated rings. The van der Waals surface area contributed by atoms with Gasteiger partial charge in [-0.15, -0.1) is 0 Å². The summed E-state index contributed by atoms with van der Waals surface area (Å²) in [6.07, 6.45) is 0. The monoisotopic (exact) mass is 217 g/mol. The summed E-state index contributed by atoms with van der Waals surface area (Å²) < 4.78 is 0. The van der Waals surface area contributed by atoms with Crippen molar-refractivity contribution in [2.24, 2.45) is 5.92 Å². The number of rotatable bonds is 3. The van der Waals surface area contributed by atoms with Crippen molar-refractivity contribution in [3.05, 3.63) is 35.5 Å². The van der Waals surface area contributed by atoms with Crippen LogP contribution in [0.3, 0.4) is 0 Å². The van der Waals surface area contributed by atoms with Crippen LogP contribution in [0.4, 0.5) is 0 Å². The third kappa shape index (κ3) is 1.98. The van der Waals surface area contributed by atoms with E-state index in [9.17, 15) is 5.11 Å². The molecular formula is C14H19NO. The van der Waals surface area contributed by atoms with Crippen LogP contribution >= 0.6 is 0 Å². The number of aliphatic hydroxyl groups is 1. The summed E-state index contributed by atoms with van der Waals surface area (Å²) >= 11 is 0. The van der Waals surface area contributed by atoms with E-state index in [0.717, 1.165) is 0 Å². The number of aromatic amines is 1. The molecule has 0 spiro atoms. The highest BCUT2D eigenvalue weighted by Gasteiger charge is 2.15. The van der Waals surface area contributed by atoms with Crippen molar-refractivity contribution < 1.29 is 5.11 Å². The summed E-state index contributed by atoms with van der Waals surface area (Å²) in [5.74, 6) is 0.696. The molecule has 1 aromatic heterocycles. The first-order chi connectivity index (χ1) is 7.61. The van der Waals surface area contributed by atoms with Gasteiger partial charge in [0.05, 0.1) is 6.61 Å². The van der Waals surface area contributed by atoms with Crippen LogP contribution in [0, 0.1) is 12.8 Å². The van der Waals surface area contributed by atoms with Crippen molar-refractivity contribution in [2.75, 3.05) is 6.61 Å². The lowest BCUT2D eigenvalue weighted by atomic mass is 9.89. The fourth-order valence-electron chi connectivity index (χ4n) is 2.23. The van der Waals surface area contributed by atoms with E-state index in [1.165, 1.54) is 22.2 Å². The van der Waals surface area contributed by atoms with Gasteiger partial charge < -0.3 is 10.1 Å². The highest BCUT2D eigenvalue weighted by atomic mass is 16.3. The van der Waals surface area contributed by atoms with E-state index in [-0.39, 0.29) is 12.5 Å². The first-order valence-electron chi connectivity index (χ1n) is 5.82. The molecule has 2 aromatic rings. The second-order valence-corrected chi connectivity index (χ2v) is 4.83. The number of aryl methyl sites for hydroxylation is 1. The number of H-pyrrole nitrogens is 1. The Hall–Kier alpha value is -1.28. The number of benzene rings is 1. The lowest BCUT2D eigenvalue weighted by Gasteiger charge is -2.18. The molecule has 1 atom stereocenters. The standard InChI is InChI=1S/C14H19NO/c1-9(2)13(8-16)11-4-5-14-12(7-11)6-10(3)15-14/h4-7,9,13,15-16H,8H2,1-3H3. The number of fused-ring (bicyclic) bond motifs is 1. The van der Waals surface area contributed by atoms with Gasteiger partial charge in [-0.1, -0.05) is 19.9 Å². The Morgan fingerprint density at radius 1 is 1.25 bits per heavy atom. The molecule has 0 radical (unpaired) electrons. The molecule has 1 aromatic carbocycles. The van der Waals surface area contributed by atoms with Crippen LogP contribution < -0.4 is 0 Å². The Bertz CT molecular complexity index is 484. The van der Waals surface area contributed by atoms with Gasteiger partial charge in [-0.2, -0.15) is 0 Å². The van der Waals surface area contributed by atoms with Crippen LogP contribution in [0.5, 0.6) is 0 Å². The summed E-state index contributed by atoms with van der Waals surface area (Å²) in [6.45, 7) is 6.57. The van der Waals surface area contributed by atoms with E-state index >= 15 is 0 Å². The lowest BCUT2D eigenvalue weighted by molar-refractivity contribution is 0.237. The van der Waals surface area contributed by atoms with Crippen molar-refractivity contribution in [1.29, 1.82) is 0 Å². The fraction of sp³-hybridized carbons (Fsp3) is 0.429. The van der Waals surface area contributed by atoms with Crippen molar-refractivity contribution in [3.63, 3.8) is 0 Å². The van der Waals surface area contributed by atoms with E-state index in [1.54, 1.807) is 0 Å². The maximum absolute atomic E-state index is 9.42. The molecule has 1 heterocycles. The summed E-state index contributed by atoms with van der Waals surface area (Å²) in [6, 6.07) is 8.54. The molecule has 0 aliphatic heterocycles. The number of nitrogens with one attached hydrogen (secondary N) is 1. The van der Waals surface area contributed by atoms with Crippen LogP contribution in [0.25, 0.3) is 10.9 Å². The SMILES string of the molecule is Cc1cc2cc(C(CO)C(C)C)ccc2[nH]1. The number of aromatic nitrogens is 1. The third-order valence-corrected chi connectivity index (χ3v) is 3.21. The molecule has 0 amide bonds. The van der Waals surface area contributed by atoms with E-state index in [1.807, 2.05) is 0 Å². The van der Waals surface area contributed by atoms with Crippen LogP contribution in [0.2, 0.25) is 0 Å². The lowest BCUT2D eigenvalue weighted by Crippen LogP contribution is -2.10. The molecule has 2 nitrogen and oxygen atoms in total. The second kappa shape index (κ2) is 4.30. The third-order valence-electron chi connectivity index (χ3n) is 3.21. The zero-order chi connectivity index (χ0) is 11.7. The Morgan fingerprint density at radius 3 is 2.62 bits per heavy atom. The zero-order valence-corrected chi connectivity index (χ0v) is 10.1. The van der Waals surface area contributed by atoms with Crippen LogP contribution in [-0.2, 0) is 0 Å².